The molecule has 2 heterocycles. The van der Waals surface area contributed by atoms with Crippen molar-refractivity contribution in [2.75, 3.05) is 0 Å². The van der Waals surface area contributed by atoms with Crippen LogP contribution in [0.25, 0.3) is 10.9 Å². The molecule has 1 fully saturated rings. The van der Waals surface area contributed by atoms with Gasteiger partial charge in [-0.05, 0) is 70.9 Å². The van der Waals surface area contributed by atoms with Gasteiger partial charge in [-0.1, -0.05) is 29.8 Å². The minimum atomic E-state index is -0.126. The maximum absolute atomic E-state index is 12.9. The number of hydrogen-bond donors (Lipinski definition) is 2. The first-order valence-electron chi connectivity index (χ1n) is 10.5. The van der Waals surface area contributed by atoms with E-state index in [0.717, 1.165) is 23.7 Å². The van der Waals surface area contributed by atoms with Crippen LogP contribution in [-0.2, 0) is 0 Å². The highest BCUT2D eigenvalue weighted by atomic mass is 35.5. The number of pyridine rings is 1. The molecular weight excluding hydrogens is 410 g/mol. The SMILES string of the molecule is CC1(C)CC(NC(=O)c2ccc(Oc3cccc4cccnc34)c(Cl)c2)CC(C)(C)N1. The first kappa shape index (κ1) is 21.6. The Balaban J connectivity index is 1.50. The van der Waals surface area contributed by atoms with E-state index in [1.807, 2.05) is 30.3 Å². The highest BCUT2D eigenvalue weighted by Crippen LogP contribution is 2.34. The lowest BCUT2D eigenvalue weighted by molar-refractivity contribution is 0.0873. The number of piperidine rings is 1. The third-order valence-electron chi connectivity index (χ3n) is 5.54. The van der Waals surface area contributed by atoms with Crippen LogP contribution < -0.4 is 15.4 Å². The predicted molar refractivity (Wildman–Crippen MR) is 125 cm³/mol. The molecule has 0 saturated carbocycles. The third-order valence-corrected chi connectivity index (χ3v) is 5.83. The van der Waals surface area contributed by atoms with Crippen LogP contribution in [0.1, 0.15) is 50.9 Å². The first-order chi connectivity index (χ1) is 14.6. The minimum Gasteiger partial charge on any atom is -0.454 e. The van der Waals surface area contributed by atoms with E-state index in [2.05, 4.69) is 43.3 Å². The number of nitrogens with zero attached hydrogens (tertiary/aromatic N) is 1. The summed E-state index contributed by atoms with van der Waals surface area (Å²) in [5.74, 6) is 0.982. The van der Waals surface area contributed by atoms with Crippen LogP contribution in [0, 0.1) is 0 Å². The molecule has 0 radical (unpaired) electrons. The zero-order valence-electron chi connectivity index (χ0n) is 18.3. The van der Waals surface area contributed by atoms with Crippen molar-refractivity contribution < 1.29 is 9.53 Å². The number of halogens is 1. The number of aromatic nitrogens is 1. The number of carbonyl (C=O) groups excluding carboxylic acids is 1. The van der Waals surface area contributed by atoms with Gasteiger partial charge in [0.05, 0.1) is 5.02 Å². The molecule has 0 aliphatic carbocycles. The molecule has 31 heavy (non-hydrogen) atoms. The van der Waals surface area contributed by atoms with E-state index in [4.69, 9.17) is 16.3 Å². The number of rotatable bonds is 4. The predicted octanol–water partition coefficient (Wildman–Crippen LogP) is 5.72. The molecule has 1 aromatic heterocycles. The zero-order chi connectivity index (χ0) is 22.2. The summed E-state index contributed by atoms with van der Waals surface area (Å²) in [6.07, 6.45) is 3.46. The summed E-state index contributed by atoms with van der Waals surface area (Å²) in [6, 6.07) is 14.8. The van der Waals surface area contributed by atoms with Crippen molar-refractivity contribution in [2.45, 2.75) is 57.7 Å². The summed E-state index contributed by atoms with van der Waals surface area (Å²) < 4.78 is 6.03. The summed E-state index contributed by atoms with van der Waals surface area (Å²) in [6.45, 7) is 8.66. The molecule has 5 nitrogen and oxygen atoms in total. The third kappa shape index (κ3) is 5.00. The van der Waals surface area contributed by atoms with Gasteiger partial charge in [0.2, 0.25) is 0 Å². The summed E-state index contributed by atoms with van der Waals surface area (Å²) in [5.41, 5.74) is 1.20. The average Bonchev–Trinajstić information content (AvgIpc) is 2.67. The Morgan fingerprint density at radius 3 is 2.48 bits per heavy atom. The molecule has 3 aromatic rings. The molecule has 6 heteroatoms. The Kier molecular flexibility index (Phi) is 5.67. The number of para-hydroxylation sites is 1. The van der Waals surface area contributed by atoms with Crippen LogP contribution in [0.15, 0.2) is 54.7 Å². The van der Waals surface area contributed by atoms with Crippen molar-refractivity contribution in [2.24, 2.45) is 0 Å². The second kappa shape index (κ2) is 8.13. The average molecular weight is 438 g/mol. The van der Waals surface area contributed by atoms with E-state index in [0.29, 0.717) is 22.1 Å². The highest BCUT2D eigenvalue weighted by Gasteiger charge is 2.38. The fourth-order valence-electron chi connectivity index (χ4n) is 4.69. The molecule has 1 aliphatic heterocycles. The van der Waals surface area contributed by atoms with Crippen LogP contribution in [0.2, 0.25) is 5.02 Å². The quantitative estimate of drug-likeness (QED) is 0.548. The Morgan fingerprint density at radius 2 is 1.77 bits per heavy atom. The van der Waals surface area contributed by atoms with E-state index >= 15 is 0 Å². The van der Waals surface area contributed by atoms with Crippen molar-refractivity contribution in [1.82, 2.24) is 15.6 Å². The minimum absolute atomic E-state index is 0.0401. The fraction of sp³-hybridized carbons (Fsp3) is 0.360. The smallest absolute Gasteiger partial charge is 0.251 e. The number of fused-ring (bicyclic) bond motifs is 1. The van der Waals surface area contributed by atoms with Crippen LogP contribution >= 0.6 is 11.6 Å². The van der Waals surface area contributed by atoms with Gasteiger partial charge in [-0.25, -0.2) is 0 Å². The van der Waals surface area contributed by atoms with Gasteiger partial charge in [0, 0.05) is 34.3 Å². The lowest BCUT2D eigenvalue weighted by atomic mass is 9.79. The van der Waals surface area contributed by atoms with E-state index in [1.54, 1.807) is 24.4 Å². The lowest BCUT2D eigenvalue weighted by Crippen LogP contribution is -2.62. The molecule has 0 atom stereocenters. The van der Waals surface area contributed by atoms with Gasteiger partial charge in [0.15, 0.2) is 5.75 Å². The van der Waals surface area contributed by atoms with E-state index in [-0.39, 0.29) is 23.0 Å². The molecule has 0 spiro atoms. The largest absolute Gasteiger partial charge is 0.454 e. The number of carbonyl (C=O) groups is 1. The van der Waals surface area contributed by atoms with Gasteiger partial charge >= 0.3 is 0 Å². The maximum atomic E-state index is 12.9. The number of hydrogen-bond acceptors (Lipinski definition) is 4. The van der Waals surface area contributed by atoms with Crippen LogP contribution in [-0.4, -0.2) is 28.0 Å². The number of benzene rings is 2. The topological polar surface area (TPSA) is 63.2 Å². The van der Waals surface area contributed by atoms with Gasteiger partial charge in [-0.2, -0.15) is 0 Å². The maximum Gasteiger partial charge on any atom is 0.251 e. The molecule has 162 valence electrons. The van der Waals surface area contributed by atoms with Gasteiger partial charge in [0.25, 0.3) is 5.91 Å². The molecular formula is C25H28ClN3O2. The first-order valence-corrected chi connectivity index (χ1v) is 10.9. The molecule has 4 rings (SSSR count). The molecule has 2 N–H and O–H groups in total. The second-order valence-electron chi connectivity index (χ2n) is 9.55. The van der Waals surface area contributed by atoms with Crippen molar-refractivity contribution in [3.8, 4) is 11.5 Å². The second-order valence-corrected chi connectivity index (χ2v) is 9.96. The van der Waals surface area contributed by atoms with E-state index < -0.39 is 0 Å². The molecule has 1 saturated heterocycles. The van der Waals surface area contributed by atoms with E-state index in [9.17, 15) is 4.79 Å². The summed E-state index contributed by atoms with van der Waals surface area (Å²) in [7, 11) is 0. The van der Waals surface area contributed by atoms with Gasteiger partial charge in [-0.3, -0.25) is 9.78 Å². The van der Waals surface area contributed by atoms with Crippen LogP contribution in [0.5, 0.6) is 11.5 Å². The Bertz CT molecular complexity index is 1110. The van der Waals surface area contributed by atoms with Gasteiger partial charge in [0.1, 0.15) is 11.3 Å². The molecule has 1 amide bonds. The molecule has 0 unspecified atom stereocenters. The van der Waals surface area contributed by atoms with Crippen molar-refractivity contribution in [3.05, 3.63) is 65.3 Å². The zero-order valence-corrected chi connectivity index (χ0v) is 19.1. The lowest BCUT2D eigenvalue weighted by Gasteiger charge is -2.46. The van der Waals surface area contributed by atoms with E-state index in [1.165, 1.54) is 0 Å². The number of nitrogens with one attached hydrogen (secondary N) is 2. The summed E-state index contributed by atoms with van der Waals surface area (Å²) in [4.78, 5) is 17.3. The Morgan fingerprint density at radius 1 is 1.06 bits per heavy atom. The standard InChI is InChI=1S/C25H28ClN3O2/c1-24(2)14-18(15-25(3,4)29-24)28-23(30)17-10-11-20(19(26)13-17)31-21-9-5-7-16-8-6-12-27-22(16)21/h5-13,18,29H,14-15H2,1-4H3,(H,28,30). The van der Waals surface area contributed by atoms with Crippen LogP contribution in [0.3, 0.4) is 0 Å². The Hall–Kier alpha value is -2.63. The highest BCUT2D eigenvalue weighted by molar-refractivity contribution is 6.32. The van der Waals surface area contributed by atoms with Crippen LogP contribution in [0.4, 0.5) is 0 Å². The van der Waals surface area contributed by atoms with Gasteiger partial charge < -0.3 is 15.4 Å². The molecule has 1 aliphatic rings. The number of amides is 1. The van der Waals surface area contributed by atoms with Crippen molar-refractivity contribution in [3.63, 3.8) is 0 Å². The molecule has 0 bridgehead atoms. The van der Waals surface area contributed by atoms with Crippen molar-refractivity contribution >= 4 is 28.4 Å². The monoisotopic (exact) mass is 437 g/mol. The summed E-state index contributed by atoms with van der Waals surface area (Å²) in [5, 5.41) is 8.18. The van der Waals surface area contributed by atoms with Crippen molar-refractivity contribution in [1.29, 1.82) is 0 Å². The number of ether oxygens (including phenoxy) is 1. The Labute approximate surface area is 188 Å². The normalized spacial score (nSPS) is 18.0. The fourth-order valence-corrected chi connectivity index (χ4v) is 4.91. The van der Waals surface area contributed by atoms with Gasteiger partial charge in [-0.15, -0.1) is 0 Å². The summed E-state index contributed by atoms with van der Waals surface area (Å²) >= 11 is 6.47. The molecule has 2 aromatic carbocycles.